The lowest BCUT2D eigenvalue weighted by Gasteiger charge is -2.32. The molecule has 1 aliphatic heterocycles. The van der Waals surface area contributed by atoms with Gasteiger partial charge >= 0.3 is 0 Å². The van der Waals surface area contributed by atoms with Crippen molar-refractivity contribution in [2.75, 3.05) is 19.6 Å². The average Bonchev–Trinajstić information content (AvgIpc) is 2.79. The fourth-order valence-electron chi connectivity index (χ4n) is 4.36. The molecule has 1 aromatic carbocycles. The predicted octanol–water partition coefficient (Wildman–Crippen LogP) is 3.58. The van der Waals surface area contributed by atoms with Crippen LogP contribution in [0.15, 0.2) is 36.5 Å². The van der Waals surface area contributed by atoms with Gasteiger partial charge in [0.05, 0.1) is 12.6 Å². The van der Waals surface area contributed by atoms with Gasteiger partial charge in [0.25, 0.3) is 5.91 Å². The minimum absolute atomic E-state index is 0.0370. The van der Waals surface area contributed by atoms with E-state index in [4.69, 9.17) is 0 Å². The molecule has 2 heterocycles. The van der Waals surface area contributed by atoms with E-state index in [9.17, 15) is 14.4 Å². The highest BCUT2D eigenvalue weighted by atomic mass is 16.2. The monoisotopic (exact) mass is 466 g/mol. The van der Waals surface area contributed by atoms with Crippen molar-refractivity contribution in [3.05, 3.63) is 42.2 Å². The molecule has 0 radical (unpaired) electrons. The van der Waals surface area contributed by atoms with Crippen LogP contribution in [0.5, 0.6) is 0 Å². The Labute approximate surface area is 202 Å². The summed E-state index contributed by atoms with van der Waals surface area (Å²) in [5, 5.41) is 7.61. The summed E-state index contributed by atoms with van der Waals surface area (Å²) in [6, 6.07) is 8.19. The smallest absolute Gasteiger partial charge is 0.270 e. The molecular weight excluding hydrogens is 428 g/mol. The molecule has 0 aliphatic carbocycles. The van der Waals surface area contributed by atoms with E-state index < -0.39 is 18.0 Å². The van der Waals surface area contributed by atoms with E-state index in [1.807, 2.05) is 38.1 Å². The zero-order chi connectivity index (χ0) is 24.7. The fourth-order valence-corrected chi connectivity index (χ4v) is 4.36. The van der Waals surface area contributed by atoms with Gasteiger partial charge < -0.3 is 10.6 Å². The normalized spacial score (nSPS) is 17.8. The Balaban J connectivity index is 1.59. The molecule has 2 N–H and O–H groups in total. The minimum Gasteiger partial charge on any atom is -0.344 e. The predicted molar refractivity (Wildman–Crippen MR) is 135 cm³/mol. The lowest BCUT2D eigenvalue weighted by atomic mass is 9.99. The molecule has 7 heteroatoms. The summed E-state index contributed by atoms with van der Waals surface area (Å²) in [6.07, 6.45) is 4.96. The van der Waals surface area contributed by atoms with Gasteiger partial charge in [-0.3, -0.25) is 24.3 Å². The first-order valence-corrected chi connectivity index (χ1v) is 12.4. The van der Waals surface area contributed by atoms with Crippen molar-refractivity contribution in [1.29, 1.82) is 0 Å². The van der Waals surface area contributed by atoms with E-state index in [1.54, 1.807) is 12.3 Å². The van der Waals surface area contributed by atoms with Crippen molar-refractivity contribution in [3.8, 4) is 0 Å². The largest absolute Gasteiger partial charge is 0.344 e. The van der Waals surface area contributed by atoms with Crippen molar-refractivity contribution < 1.29 is 14.4 Å². The van der Waals surface area contributed by atoms with Crippen molar-refractivity contribution in [2.24, 2.45) is 11.8 Å². The molecule has 1 saturated heterocycles. The maximum absolute atomic E-state index is 13.1. The van der Waals surface area contributed by atoms with E-state index >= 15 is 0 Å². The van der Waals surface area contributed by atoms with Gasteiger partial charge in [-0.2, -0.15) is 0 Å². The van der Waals surface area contributed by atoms with Crippen LogP contribution in [-0.4, -0.2) is 59.2 Å². The van der Waals surface area contributed by atoms with Gasteiger partial charge in [0, 0.05) is 18.1 Å². The maximum Gasteiger partial charge on any atom is 0.270 e. The van der Waals surface area contributed by atoms with Crippen LogP contribution in [0, 0.1) is 11.8 Å². The van der Waals surface area contributed by atoms with Crippen LogP contribution in [0.2, 0.25) is 0 Å². The summed E-state index contributed by atoms with van der Waals surface area (Å²) in [7, 11) is 0. The van der Waals surface area contributed by atoms with E-state index in [2.05, 4.69) is 34.4 Å². The second-order valence-electron chi connectivity index (χ2n) is 10.2. The van der Waals surface area contributed by atoms with E-state index in [0.717, 1.165) is 36.7 Å². The number of carbonyl (C=O) groups excluding carboxylic acids is 3. The Morgan fingerprint density at radius 1 is 1.12 bits per heavy atom. The lowest BCUT2D eigenvalue weighted by Crippen LogP contribution is -2.56. The number of pyridine rings is 1. The first-order chi connectivity index (χ1) is 16.2. The minimum atomic E-state index is -0.724. The molecule has 34 heavy (non-hydrogen) atoms. The fraction of sp³-hybridized carbons (Fsp3) is 0.556. The van der Waals surface area contributed by atoms with Crippen LogP contribution in [0.25, 0.3) is 10.8 Å². The molecule has 2 amide bonds. The van der Waals surface area contributed by atoms with Gasteiger partial charge in [0.2, 0.25) is 5.91 Å². The molecule has 1 unspecified atom stereocenters. The summed E-state index contributed by atoms with van der Waals surface area (Å²) in [6.45, 7) is 10.5. The van der Waals surface area contributed by atoms with Gasteiger partial charge in [-0.1, -0.05) is 52.0 Å². The third-order valence-electron chi connectivity index (χ3n) is 6.27. The third-order valence-corrected chi connectivity index (χ3v) is 6.27. The quantitative estimate of drug-likeness (QED) is 0.559. The number of Topliss-reactive ketones (excluding diaryl/α,β-unsaturated/α-hetero) is 1. The molecule has 0 saturated carbocycles. The number of nitrogens with zero attached hydrogens (tertiary/aromatic N) is 2. The number of hydrogen-bond donors (Lipinski definition) is 2. The molecule has 0 bridgehead atoms. The number of benzene rings is 1. The maximum atomic E-state index is 13.1. The molecular formula is C27H38N4O3. The van der Waals surface area contributed by atoms with Crippen molar-refractivity contribution in [1.82, 2.24) is 20.5 Å². The second-order valence-corrected chi connectivity index (χ2v) is 10.2. The Morgan fingerprint density at radius 3 is 2.53 bits per heavy atom. The van der Waals surface area contributed by atoms with E-state index in [1.165, 1.54) is 0 Å². The van der Waals surface area contributed by atoms with Gasteiger partial charge in [-0.25, -0.2) is 0 Å². The number of piperidine rings is 1. The highest BCUT2D eigenvalue weighted by Gasteiger charge is 2.31. The Bertz CT molecular complexity index is 1000. The van der Waals surface area contributed by atoms with Crippen LogP contribution in [-0.2, 0) is 9.59 Å². The lowest BCUT2D eigenvalue weighted by molar-refractivity contribution is -0.131. The Kier molecular flexibility index (Phi) is 9.16. The molecule has 0 spiro atoms. The number of hydrogen-bond acceptors (Lipinski definition) is 5. The standard InChI is InChI=1S/C27H38N4O3/c1-18(2)8-7-12-31-13-11-22(25(32)17-31)29-27(34)24(14-19(3)4)30-26(33)23-15-20-9-5-6-10-21(20)16-28-23/h5-6,9-10,15-16,18-19,22,24H,7-8,11-14,17H2,1-4H3,(H,29,34)(H,30,33)/t22?,24-/m0/s1. The Hall–Kier alpha value is -2.80. The highest BCUT2D eigenvalue weighted by molar-refractivity contribution is 5.99. The van der Waals surface area contributed by atoms with Gasteiger partial charge in [-0.15, -0.1) is 0 Å². The molecule has 1 aromatic heterocycles. The number of ketones is 1. The zero-order valence-corrected chi connectivity index (χ0v) is 20.8. The average molecular weight is 467 g/mol. The molecule has 184 valence electrons. The van der Waals surface area contributed by atoms with Crippen LogP contribution in [0.3, 0.4) is 0 Å². The number of aromatic nitrogens is 1. The molecule has 1 fully saturated rings. The summed E-state index contributed by atoms with van der Waals surface area (Å²) >= 11 is 0. The van der Waals surface area contributed by atoms with Crippen molar-refractivity contribution in [2.45, 2.75) is 65.5 Å². The molecule has 3 rings (SSSR count). The number of rotatable bonds is 10. The molecule has 2 atom stereocenters. The topological polar surface area (TPSA) is 91.4 Å². The molecule has 7 nitrogen and oxygen atoms in total. The highest BCUT2D eigenvalue weighted by Crippen LogP contribution is 2.15. The van der Waals surface area contributed by atoms with E-state index in [0.29, 0.717) is 25.3 Å². The van der Waals surface area contributed by atoms with Crippen LogP contribution in [0.4, 0.5) is 0 Å². The third kappa shape index (κ3) is 7.35. The first kappa shape index (κ1) is 25.8. The number of fused-ring (bicyclic) bond motifs is 1. The van der Waals surface area contributed by atoms with Crippen molar-refractivity contribution in [3.63, 3.8) is 0 Å². The zero-order valence-electron chi connectivity index (χ0n) is 20.8. The second kappa shape index (κ2) is 12.1. The SMILES string of the molecule is CC(C)CCCN1CCC(NC(=O)[C@H](CC(C)C)NC(=O)c2cc3ccccc3cn2)C(=O)C1. The first-order valence-electron chi connectivity index (χ1n) is 12.4. The van der Waals surface area contributed by atoms with Crippen LogP contribution >= 0.6 is 0 Å². The van der Waals surface area contributed by atoms with E-state index in [-0.39, 0.29) is 23.3 Å². The summed E-state index contributed by atoms with van der Waals surface area (Å²) in [4.78, 5) is 45.1. The molecule has 2 aromatic rings. The Morgan fingerprint density at radius 2 is 1.85 bits per heavy atom. The summed E-state index contributed by atoms with van der Waals surface area (Å²) in [5.41, 5.74) is 0.269. The summed E-state index contributed by atoms with van der Waals surface area (Å²) in [5.74, 6) is 0.187. The number of likely N-dealkylation sites (tertiary alicyclic amines) is 1. The van der Waals surface area contributed by atoms with Gasteiger partial charge in [0.1, 0.15) is 11.7 Å². The molecule has 1 aliphatic rings. The van der Waals surface area contributed by atoms with Crippen LogP contribution in [0.1, 0.15) is 63.9 Å². The number of nitrogens with one attached hydrogen (secondary N) is 2. The number of carbonyl (C=O) groups is 3. The van der Waals surface area contributed by atoms with Gasteiger partial charge in [0.15, 0.2) is 5.78 Å². The van der Waals surface area contributed by atoms with Gasteiger partial charge in [-0.05, 0) is 55.5 Å². The van der Waals surface area contributed by atoms with Crippen LogP contribution < -0.4 is 10.6 Å². The number of amides is 2. The van der Waals surface area contributed by atoms with Crippen molar-refractivity contribution >= 4 is 28.4 Å². The summed E-state index contributed by atoms with van der Waals surface area (Å²) < 4.78 is 0.